The van der Waals surface area contributed by atoms with Gasteiger partial charge < -0.3 is 20.1 Å². The van der Waals surface area contributed by atoms with Crippen molar-refractivity contribution >= 4 is 18.0 Å². The monoisotopic (exact) mass is 452 g/mol. The van der Waals surface area contributed by atoms with Gasteiger partial charge in [0, 0.05) is 25.9 Å². The largest absolute Gasteiger partial charge is 0.480 e. The predicted octanol–water partition coefficient (Wildman–Crippen LogP) is 4.12. The number of carbonyl (C=O) groups excluding carboxylic acids is 2. The molecule has 0 heterocycles. The molecule has 0 aliphatic heterocycles. The van der Waals surface area contributed by atoms with Gasteiger partial charge in [0.15, 0.2) is 0 Å². The third-order valence-electron chi connectivity index (χ3n) is 5.94. The van der Waals surface area contributed by atoms with Gasteiger partial charge in [-0.2, -0.15) is 0 Å². The van der Waals surface area contributed by atoms with Crippen LogP contribution in [-0.2, 0) is 14.3 Å². The zero-order valence-electron chi connectivity index (χ0n) is 19.4. The highest BCUT2D eigenvalue weighted by Crippen LogP contribution is 2.44. The van der Waals surface area contributed by atoms with Gasteiger partial charge in [-0.05, 0) is 40.5 Å². The van der Waals surface area contributed by atoms with Crippen molar-refractivity contribution in [2.45, 2.75) is 32.6 Å². The van der Waals surface area contributed by atoms with E-state index in [1.807, 2.05) is 38.1 Å². The van der Waals surface area contributed by atoms with Gasteiger partial charge in [0.1, 0.15) is 13.2 Å². The highest BCUT2D eigenvalue weighted by molar-refractivity contribution is 5.81. The van der Waals surface area contributed by atoms with Crippen LogP contribution in [0.25, 0.3) is 11.1 Å². The third kappa shape index (κ3) is 6.34. The van der Waals surface area contributed by atoms with E-state index in [0.717, 1.165) is 17.5 Å². The first-order valence-corrected chi connectivity index (χ1v) is 11.3. The first-order chi connectivity index (χ1) is 15.8. The Morgan fingerprint density at radius 1 is 1.03 bits per heavy atom. The van der Waals surface area contributed by atoms with Crippen LogP contribution in [0.5, 0.6) is 0 Å². The Morgan fingerprint density at radius 2 is 1.61 bits per heavy atom. The Balaban J connectivity index is 1.56. The van der Waals surface area contributed by atoms with Crippen molar-refractivity contribution in [1.29, 1.82) is 0 Å². The lowest BCUT2D eigenvalue weighted by Gasteiger charge is -2.22. The van der Waals surface area contributed by atoms with Crippen LogP contribution < -0.4 is 5.32 Å². The molecule has 1 atom stereocenters. The van der Waals surface area contributed by atoms with E-state index in [2.05, 4.69) is 29.6 Å². The number of aliphatic carboxylic acids is 1. The first kappa shape index (κ1) is 24.3. The number of alkyl carbamates (subject to hydrolysis) is 1. The average Bonchev–Trinajstić information content (AvgIpc) is 3.09. The quantitative estimate of drug-likeness (QED) is 0.565. The summed E-state index contributed by atoms with van der Waals surface area (Å²) in [7, 11) is 1.47. The van der Waals surface area contributed by atoms with Crippen LogP contribution in [0.15, 0.2) is 48.5 Å². The minimum atomic E-state index is -1.05. The number of benzene rings is 2. The molecular weight excluding hydrogens is 420 g/mol. The second-order valence-electron chi connectivity index (χ2n) is 9.05. The van der Waals surface area contributed by atoms with Crippen molar-refractivity contribution in [1.82, 2.24) is 10.2 Å². The first-order valence-electron chi connectivity index (χ1n) is 11.3. The molecule has 1 aliphatic carbocycles. The van der Waals surface area contributed by atoms with Crippen molar-refractivity contribution in [2.24, 2.45) is 11.8 Å². The van der Waals surface area contributed by atoms with Crippen molar-refractivity contribution in [3.63, 3.8) is 0 Å². The van der Waals surface area contributed by atoms with Gasteiger partial charge >= 0.3 is 12.1 Å². The zero-order valence-corrected chi connectivity index (χ0v) is 19.4. The van der Waals surface area contributed by atoms with E-state index in [1.165, 1.54) is 23.1 Å². The molecule has 7 heteroatoms. The number of fused-ring (bicyclic) bond motifs is 3. The summed E-state index contributed by atoms with van der Waals surface area (Å²) in [6, 6.07) is 16.3. The number of hydrogen-bond donors (Lipinski definition) is 2. The van der Waals surface area contributed by atoms with E-state index in [1.54, 1.807) is 0 Å². The number of likely N-dealkylation sites (N-methyl/N-ethyl adjacent to an activating group) is 1. The van der Waals surface area contributed by atoms with Crippen molar-refractivity contribution in [2.75, 3.05) is 26.7 Å². The van der Waals surface area contributed by atoms with Gasteiger partial charge in [-0.25, -0.2) is 4.79 Å². The van der Waals surface area contributed by atoms with E-state index >= 15 is 0 Å². The molecule has 0 radical (unpaired) electrons. The van der Waals surface area contributed by atoms with Crippen molar-refractivity contribution < 1.29 is 24.2 Å². The van der Waals surface area contributed by atoms with Crippen LogP contribution in [0.4, 0.5) is 4.79 Å². The number of carbonyl (C=O) groups is 3. The number of ether oxygens (including phenoxy) is 1. The molecule has 176 valence electrons. The molecule has 0 saturated carbocycles. The molecule has 0 aromatic heterocycles. The van der Waals surface area contributed by atoms with Crippen LogP contribution >= 0.6 is 0 Å². The van der Waals surface area contributed by atoms with Crippen molar-refractivity contribution in [3.8, 4) is 11.1 Å². The summed E-state index contributed by atoms with van der Waals surface area (Å²) in [4.78, 5) is 36.9. The van der Waals surface area contributed by atoms with Gasteiger partial charge in [0.25, 0.3) is 0 Å². The second-order valence-corrected chi connectivity index (χ2v) is 9.05. The summed E-state index contributed by atoms with van der Waals surface area (Å²) in [6.07, 6.45) is 0.388. The fourth-order valence-corrected chi connectivity index (χ4v) is 4.48. The lowest BCUT2D eigenvalue weighted by molar-refractivity contribution is -0.143. The Labute approximate surface area is 194 Å². The maximum atomic E-state index is 12.5. The molecule has 1 aliphatic rings. The van der Waals surface area contributed by atoms with Crippen molar-refractivity contribution in [3.05, 3.63) is 59.7 Å². The molecular formula is C26H32N2O5. The molecule has 7 nitrogen and oxygen atoms in total. The molecule has 3 rings (SSSR count). The van der Waals surface area contributed by atoms with Gasteiger partial charge in [-0.15, -0.1) is 0 Å². The van der Waals surface area contributed by atoms with E-state index in [0.29, 0.717) is 12.5 Å². The molecule has 1 unspecified atom stereocenters. The summed E-state index contributed by atoms with van der Waals surface area (Å²) < 4.78 is 5.58. The minimum Gasteiger partial charge on any atom is -0.480 e. The normalized spacial score (nSPS) is 13.2. The molecule has 0 bridgehead atoms. The summed E-state index contributed by atoms with van der Waals surface area (Å²) in [5, 5.41) is 11.7. The Bertz CT molecular complexity index is 958. The highest BCUT2D eigenvalue weighted by Gasteiger charge is 2.29. The Hall–Kier alpha value is -3.35. The van der Waals surface area contributed by atoms with Crippen LogP contribution in [0, 0.1) is 11.8 Å². The van der Waals surface area contributed by atoms with Crippen LogP contribution in [0.1, 0.15) is 43.7 Å². The fourth-order valence-electron chi connectivity index (χ4n) is 4.48. The number of nitrogens with zero attached hydrogens (tertiary/aromatic N) is 1. The molecule has 0 spiro atoms. The van der Waals surface area contributed by atoms with E-state index in [9.17, 15) is 14.4 Å². The minimum absolute atomic E-state index is 0.0131. The number of rotatable bonds is 10. The smallest absolute Gasteiger partial charge is 0.407 e. The lowest BCUT2D eigenvalue weighted by atomic mass is 9.93. The summed E-state index contributed by atoms with van der Waals surface area (Å²) in [5.74, 6) is -1.09. The van der Waals surface area contributed by atoms with E-state index < -0.39 is 12.1 Å². The maximum Gasteiger partial charge on any atom is 0.407 e. The van der Waals surface area contributed by atoms with E-state index in [-0.39, 0.29) is 37.3 Å². The van der Waals surface area contributed by atoms with E-state index in [4.69, 9.17) is 9.84 Å². The summed E-state index contributed by atoms with van der Waals surface area (Å²) in [6.45, 7) is 4.28. The lowest BCUT2D eigenvalue weighted by Crippen LogP contribution is -2.37. The molecule has 2 N–H and O–H groups in total. The molecule has 33 heavy (non-hydrogen) atoms. The van der Waals surface area contributed by atoms with Gasteiger partial charge in [0.2, 0.25) is 5.91 Å². The average molecular weight is 453 g/mol. The number of carboxylic acids is 1. The molecule has 2 aromatic carbocycles. The van der Waals surface area contributed by atoms with Gasteiger partial charge in [-0.1, -0.05) is 62.4 Å². The number of carboxylic acid groups (broad SMARTS) is 1. The van der Waals surface area contributed by atoms with Crippen LogP contribution in [-0.4, -0.2) is 54.7 Å². The number of amides is 2. The summed E-state index contributed by atoms with van der Waals surface area (Å²) in [5.41, 5.74) is 4.64. The standard InChI is InChI=1S/C26H32N2O5/c1-17(2)12-18(13-24(29)28(3)15-25(30)31)14-27-26(32)33-16-23-21-10-6-4-8-19(21)20-9-5-7-11-22(20)23/h4-11,17-18,23H,12-16H2,1-3H3,(H,27,32)(H,30,31). The Morgan fingerprint density at radius 3 is 2.15 bits per heavy atom. The zero-order chi connectivity index (χ0) is 24.0. The SMILES string of the molecule is CC(C)CC(CNC(=O)OCC1c2ccccc2-c2ccccc21)CC(=O)N(C)CC(=O)O. The number of hydrogen-bond acceptors (Lipinski definition) is 4. The van der Waals surface area contributed by atoms with Gasteiger partial charge in [-0.3, -0.25) is 9.59 Å². The number of nitrogens with one attached hydrogen (secondary N) is 1. The highest BCUT2D eigenvalue weighted by atomic mass is 16.5. The maximum absolute atomic E-state index is 12.5. The fraction of sp³-hybridized carbons (Fsp3) is 0.423. The second kappa shape index (κ2) is 11.0. The topological polar surface area (TPSA) is 95.9 Å². The Kier molecular flexibility index (Phi) is 8.09. The van der Waals surface area contributed by atoms with Gasteiger partial charge in [0.05, 0.1) is 0 Å². The predicted molar refractivity (Wildman–Crippen MR) is 126 cm³/mol. The molecule has 0 fully saturated rings. The summed E-state index contributed by atoms with van der Waals surface area (Å²) >= 11 is 0. The third-order valence-corrected chi connectivity index (χ3v) is 5.94. The van der Waals surface area contributed by atoms with Crippen LogP contribution in [0.2, 0.25) is 0 Å². The molecule has 2 aromatic rings. The van der Waals surface area contributed by atoms with Crippen LogP contribution in [0.3, 0.4) is 0 Å². The molecule has 0 saturated heterocycles. The molecule has 2 amide bonds.